The van der Waals surface area contributed by atoms with Crippen LogP contribution in [0.2, 0.25) is 0 Å². The summed E-state index contributed by atoms with van der Waals surface area (Å²) in [5.41, 5.74) is 0. The predicted octanol–water partition coefficient (Wildman–Crippen LogP) is -0.0937. The Morgan fingerprint density at radius 1 is 1.15 bits per heavy atom. The molecule has 2 aliphatic heterocycles. The van der Waals surface area contributed by atoms with E-state index in [2.05, 4.69) is 0 Å². The smallest absolute Gasteiger partial charge is 0.327 e. The van der Waals surface area contributed by atoms with Crippen molar-refractivity contribution in [3.05, 3.63) is 0 Å². The average Bonchev–Trinajstić information content (AvgIpc) is 2.40. The largest absolute Gasteiger partial charge is 0.372 e. The van der Waals surface area contributed by atoms with Gasteiger partial charge in [0.1, 0.15) is 0 Å². The van der Waals surface area contributed by atoms with Crippen LogP contribution in [0, 0.1) is 0 Å². The molecule has 4 amide bonds. The summed E-state index contributed by atoms with van der Waals surface area (Å²) in [6.45, 7) is 7.62. The zero-order valence-corrected chi connectivity index (χ0v) is 12.2. The van der Waals surface area contributed by atoms with Gasteiger partial charge in [-0.15, -0.1) is 0 Å². The van der Waals surface area contributed by atoms with Crippen LogP contribution in [0.3, 0.4) is 0 Å². The van der Waals surface area contributed by atoms with Crippen molar-refractivity contribution in [2.75, 3.05) is 32.7 Å². The summed E-state index contributed by atoms with van der Waals surface area (Å²) < 4.78 is 5.56. The number of urea groups is 1. The first kappa shape index (κ1) is 14.8. The number of ether oxygens (including phenoxy) is 1. The number of amides is 4. The monoisotopic (exact) mass is 283 g/mol. The van der Waals surface area contributed by atoms with Crippen LogP contribution in [0.15, 0.2) is 0 Å². The van der Waals surface area contributed by atoms with Gasteiger partial charge in [0, 0.05) is 32.7 Å². The van der Waals surface area contributed by atoms with Crippen molar-refractivity contribution < 1.29 is 19.1 Å². The first-order valence-corrected chi connectivity index (χ1v) is 6.99. The highest BCUT2D eigenvalue weighted by Gasteiger charge is 2.38. The van der Waals surface area contributed by atoms with E-state index in [0.29, 0.717) is 26.2 Å². The molecular formula is C13H21N3O4. The van der Waals surface area contributed by atoms with E-state index in [0.717, 1.165) is 4.90 Å². The van der Waals surface area contributed by atoms with Gasteiger partial charge in [-0.3, -0.25) is 14.5 Å². The van der Waals surface area contributed by atoms with Gasteiger partial charge in [0.15, 0.2) is 0 Å². The van der Waals surface area contributed by atoms with Crippen molar-refractivity contribution >= 4 is 17.8 Å². The summed E-state index contributed by atoms with van der Waals surface area (Å²) >= 11 is 0. The molecule has 7 heteroatoms. The van der Waals surface area contributed by atoms with E-state index >= 15 is 0 Å². The molecule has 0 radical (unpaired) electrons. The normalized spacial score (nSPS) is 28.1. The number of carbonyl (C=O) groups excluding carboxylic acids is 3. The van der Waals surface area contributed by atoms with E-state index in [1.54, 1.807) is 4.90 Å². The van der Waals surface area contributed by atoms with Crippen LogP contribution in [0.1, 0.15) is 20.8 Å². The van der Waals surface area contributed by atoms with Gasteiger partial charge >= 0.3 is 17.8 Å². The Morgan fingerprint density at radius 3 is 2.30 bits per heavy atom. The summed E-state index contributed by atoms with van der Waals surface area (Å²) in [5.74, 6) is -1.32. The van der Waals surface area contributed by atoms with Crippen molar-refractivity contribution in [2.24, 2.45) is 0 Å². The molecule has 2 aliphatic rings. The van der Waals surface area contributed by atoms with Gasteiger partial charge in [-0.25, -0.2) is 4.79 Å². The van der Waals surface area contributed by atoms with Crippen LogP contribution in [-0.2, 0) is 14.3 Å². The van der Waals surface area contributed by atoms with Crippen LogP contribution in [-0.4, -0.2) is 77.5 Å². The van der Waals surface area contributed by atoms with Crippen molar-refractivity contribution in [1.29, 1.82) is 0 Å². The highest BCUT2D eigenvalue weighted by molar-refractivity contribution is 6.38. The Morgan fingerprint density at radius 2 is 1.75 bits per heavy atom. The molecule has 0 unspecified atom stereocenters. The first-order valence-electron chi connectivity index (χ1n) is 6.99. The molecule has 0 saturated carbocycles. The van der Waals surface area contributed by atoms with E-state index in [1.165, 1.54) is 4.90 Å². The topological polar surface area (TPSA) is 70.2 Å². The molecule has 0 aromatic rings. The molecule has 0 aromatic heterocycles. The van der Waals surface area contributed by atoms with E-state index in [1.807, 2.05) is 20.8 Å². The van der Waals surface area contributed by atoms with Gasteiger partial charge in [-0.1, -0.05) is 0 Å². The maximum Gasteiger partial charge on any atom is 0.327 e. The van der Waals surface area contributed by atoms with Crippen LogP contribution in [0.4, 0.5) is 4.79 Å². The fourth-order valence-corrected chi connectivity index (χ4v) is 2.66. The Balaban J connectivity index is 2.06. The highest BCUT2D eigenvalue weighted by atomic mass is 16.5. The third kappa shape index (κ3) is 2.77. The summed E-state index contributed by atoms with van der Waals surface area (Å²) in [6.07, 6.45) is -0.129. The minimum absolute atomic E-state index is 0.0644. The molecule has 7 nitrogen and oxygen atoms in total. The lowest BCUT2D eigenvalue weighted by Gasteiger charge is -2.39. The molecule has 0 aromatic carbocycles. The zero-order valence-electron chi connectivity index (χ0n) is 12.2. The Bertz CT molecular complexity index is 416. The Labute approximate surface area is 118 Å². The number of hydrogen-bond donors (Lipinski definition) is 0. The second kappa shape index (κ2) is 5.78. The molecule has 0 aliphatic carbocycles. The fraction of sp³-hybridized carbons (Fsp3) is 0.769. The Hall–Kier alpha value is -1.63. The summed E-state index contributed by atoms with van der Waals surface area (Å²) in [5, 5.41) is 0. The number of morpholine rings is 1. The Kier molecular flexibility index (Phi) is 4.27. The van der Waals surface area contributed by atoms with Gasteiger partial charge in [0.25, 0.3) is 0 Å². The molecular weight excluding hydrogens is 262 g/mol. The number of carbonyl (C=O) groups is 3. The van der Waals surface area contributed by atoms with Gasteiger partial charge in [-0.05, 0) is 20.8 Å². The molecule has 112 valence electrons. The van der Waals surface area contributed by atoms with Gasteiger partial charge < -0.3 is 14.5 Å². The maximum atomic E-state index is 12.4. The van der Waals surface area contributed by atoms with Crippen molar-refractivity contribution in [2.45, 2.75) is 33.0 Å². The number of hydrogen-bond acceptors (Lipinski definition) is 4. The third-order valence-electron chi connectivity index (χ3n) is 3.61. The maximum absolute atomic E-state index is 12.4. The van der Waals surface area contributed by atoms with Crippen LogP contribution in [0.5, 0.6) is 0 Å². The lowest BCUT2D eigenvalue weighted by atomic mass is 10.2. The van der Waals surface area contributed by atoms with Crippen molar-refractivity contribution in [3.63, 3.8) is 0 Å². The highest BCUT2D eigenvalue weighted by Crippen LogP contribution is 2.15. The number of likely N-dealkylation sites (N-methyl/N-ethyl adjacent to an activating group) is 1. The SMILES string of the molecule is CCN1CCN(C(=O)N2C[C@@H](C)O[C@@H](C)C2)C(=O)C1=O. The van der Waals surface area contributed by atoms with Gasteiger partial charge in [0.2, 0.25) is 0 Å². The zero-order chi connectivity index (χ0) is 14.9. The molecule has 0 bridgehead atoms. The second-order valence-electron chi connectivity index (χ2n) is 5.29. The van der Waals surface area contributed by atoms with Crippen LogP contribution >= 0.6 is 0 Å². The third-order valence-corrected chi connectivity index (χ3v) is 3.61. The molecule has 2 rings (SSSR count). The summed E-state index contributed by atoms with van der Waals surface area (Å²) in [4.78, 5) is 40.3. The number of piperazine rings is 1. The fourth-order valence-electron chi connectivity index (χ4n) is 2.66. The van der Waals surface area contributed by atoms with E-state index < -0.39 is 11.8 Å². The minimum atomic E-state index is -0.727. The predicted molar refractivity (Wildman–Crippen MR) is 70.9 cm³/mol. The average molecular weight is 283 g/mol. The molecule has 0 N–H and O–H groups in total. The quantitative estimate of drug-likeness (QED) is 0.630. The minimum Gasteiger partial charge on any atom is -0.372 e. The van der Waals surface area contributed by atoms with Gasteiger partial charge in [0.05, 0.1) is 12.2 Å². The van der Waals surface area contributed by atoms with Gasteiger partial charge in [-0.2, -0.15) is 0 Å². The first-order chi connectivity index (χ1) is 9.43. The van der Waals surface area contributed by atoms with E-state index in [-0.39, 0.29) is 24.8 Å². The molecule has 2 fully saturated rings. The molecule has 2 saturated heterocycles. The van der Waals surface area contributed by atoms with Crippen molar-refractivity contribution in [3.8, 4) is 0 Å². The number of nitrogens with zero attached hydrogens (tertiary/aromatic N) is 3. The van der Waals surface area contributed by atoms with Crippen LogP contribution in [0.25, 0.3) is 0 Å². The summed E-state index contributed by atoms with van der Waals surface area (Å²) in [6, 6.07) is -0.388. The number of rotatable bonds is 1. The van der Waals surface area contributed by atoms with E-state index in [9.17, 15) is 14.4 Å². The molecule has 2 atom stereocenters. The standard InChI is InChI=1S/C13H21N3O4/c1-4-14-5-6-16(12(18)11(14)17)13(19)15-7-9(2)20-10(3)8-15/h9-10H,4-8H2,1-3H3/t9-,10+. The lowest BCUT2D eigenvalue weighted by Crippen LogP contribution is -2.61. The molecule has 20 heavy (non-hydrogen) atoms. The summed E-state index contributed by atoms with van der Waals surface area (Å²) in [7, 11) is 0. The van der Waals surface area contributed by atoms with E-state index in [4.69, 9.17) is 4.74 Å². The molecule has 0 spiro atoms. The lowest BCUT2D eigenvalue weighted by molar-refractivity contribution is -0.154. The molecule has 2 heterocycles. The van der Waals surface area contributed by atoms with Crippen LogP contribution < -0.4 is 0 Å². The number of imide groups is 1. The second-order valence-corrected chi connectivity index (χ2v) is 5.29. The van der Waals surface area contributed by atoms with Crippen molar-refractivity contribution in [1.82, 2.24) is 14.7 Å².